The van der Waals surface area contributed by atoms with Crippen LogP contribution < -0.4 is 5.32 Å². The highest BCUT2D eigenvalue weighted by Crippen LogP contribution is 2.27. The first-order valence-electron chi connectivity index (χ1n) is 11.9. The minimum atomic E-state index is -2.48. The number of aromatic nitrogens is 6. The third kappa shape index (κ3) is 5.10. The molecule has 0 atom stereocenters. The Labute approximate surface area is 201 Å². The molecule has 0 unspecified atom stereocenters. The lowest BCUT2D eigenvalue weighted by molar-refractivity contribution is -0.00158. The number of rotatable bonds is 9. The Hall–Kier alpha value is -3.18. The van der Waals surface area contributed by atoms with Crippen LogP contribution in [0.25, 0.3) is 27.9 Å². The third-order valence-corrected chi connectivity index (χ3v) is 6.44. The molecule has 186 valence electrons. The van der Waals surface area contributed by atoms with Crippen molar-refractivity contribution in [2.75, 3.05) is 25.6 Å². The smallest absolute Gasteiger partial charge is 0.256 e. The maximum absolute atomic E-state index is 13.1. The first-order chi connectivity index (χ1) is 17.0. The number of nitrogens with one attached hydrogen (secondary N) is 1. The monoisotopic (exact) mass is 485 g/mol. The van der Waals surface area contributed by atoms with E-state index in [1.807, 2.05) is 24.4 Å². The predicted octanol–water partition coefficient (Wildman–Crippen LogP) is 4.10. The lowest BCUT2D eigenvalue weighted by Crippen LogP contribution is -2.31. The van der Waals surface area contributed by atoms with E-state index in [0.29, 0.717) is 47.9 Å². The van der Waals surface area contributed by atoms with E-state index in [-0.39, 0.29) is 6.10 Å². The van der Waals surface area contributed by atoms with Crippen LogP contribution in [0.2, 0.25) is 0 Å². The molecule has 4 heterocycles. The number of fused-ring (bicyclic) bond motifs is 2. The first-order valence-corrected chi connectivity index (χ1v) is 11.9. The van der Waals surface area contributed by atoms with Crippen molar-refractivity contribution in [1.29, 1.82) is 0 Å². The number of pyridine rings is 1. The van der Waals surface area contributed by atoms with Gasteiger partial charge < -0.3 is 19.4 Å². The zero-order valence-electron chi connectivity index (χ0n) is 19.8. The van der Waals surface area contributed by atoms with E-state index < -0.39 is 13.0 Å². The van der Waals surface area contributed by atoms with Gasteiger partial charge in [-0.2, -0.15) is 0 Å². The number of hydrogen-bond donors (Lipinski definition) is 1. The number of halogens is 2. The molecule has 1 N–H and O–H groups in total. The van der Waals surface area contributed by atoms with Crippen molar-refractivity contribution in [2.24, 2.45) is 0 Å². The molecule has 0 aromatic carbocycles. The second-order valence-corrected chi connectivity index (χ2v) is 8.82. The van der Waals surface area contributed by atoms with Gasteiger partial charge >= 0.3 is 0 Å². The van der Waals surface area contributed by atoms with Crippen LogP contribution in [0.1, 0.15) is 31.5 Å². The summed E-state index contributed by atoms with van der Waals surface area (Å²) >= 11 is 0. The van der Waals surface area contributed by atoms with Gasteiger partial charge in [0.1, 0.15) is 11.3 Å². The summed E-state index contributed by atoms with van der Waals surface area (Å²) in [5, 5.41) is 8.06. The lowest BCUT2D eigenvalue weighted by atomic mass is 9.93. The highest BCUT2D eigenvalue weighted by molar-refractivity contribution is 5.82. The van der Waals surface area contributed by atoms with Gasteiger partial charge in [-0.1, -0.05) is 0 Å². The number of nitrogens with zero attached hydrogens (tertiary/aromatic N) is 6. The number of imidazole rings is 1. The van der Waals surface area contributed by atoms with Crippen molar-refractivity contribution in [1.82, 2.24) is 29.1 Å². The zero-order chi connectivity index (χ0) is 24.4. The average Bonchev–Trinajstić information content (AvgIpc) is 3.40. The highest BCUT2D eigenvalue weighted by Gasteiger charge is 2.22. The van der Waals surface area contributed by atoms with Crippen molar-refractivity contribution in [3.8, 4) is 11.3 Å². The maximum atomic E-state index is 13.1. The van der Waals surface area contributed by atoms with Crippen LogP contribution in [0, 0.1) is 6.92 Å². The minimum absolute atomic E-state index is 0.282. The zero-order valence-corrected chi connectivity index (χ0v) is 19.8. The fourth-order valence-corrected chi connectivity index (χ4v) is 4.66. The molecule has 11 heteroatoms. The van der Waals surface area contributed by atoms with Gasteiger partial charge in [-0.3, -0.25) is 0 Å². The van der Waals surface area contributed by atoms with Gasteiger partial charge in [0.15, 0.2) is 5.65 Å². The number of methoxy groups -OCH3 is 1. The molecule has 1 saturated carbocycles. The molecule has 4 aromatic rings. The summed E-state index contributed by atoms with van der Waals surface area (Å²) in [6.07, 6.45) is 5.38. The van der Waals surface area contributed by atoms with Crippen LogP contribution in [0.3, 0.4) is 0 Å². The molecule has 35 heavy (non-hydrogen) atoms. The van der Waals surface area contributed by atoms with Gasteiger partial charge in [0.25, 0.3) is 6.43 Å². The van der Waals surface area contributed by atoms with Crippen molar-refractivity contribution >= 4 is 22.6 Å². The van der Waals surface area contributed by atoms with Crippen molar-refractivity contribution < 1.29 is 18.3 Å². The highest BCUT2D eigenvalue weighted by atomic mass is 19.3. The predicted molar refractivity (Wildman–Crippen MR) is 128 cm³/mol. The van der Waals surface area contributed by atoms with Gasteiger partial charge in [-0.25, -0.2) is 28.2 Å². The maximum Gasteiger partial charge on any atom is 0.256 e. The van der Waals surface area contributed by atoms with Gasteiger partial charge in [-0.15, -0.1) is 5.10 Å². The second-order valence-electron chi connectivity index (χ2n) is 8.82. The van der Waals surface area contributed by atoms with Gasteiger partial charge in [-0.05, 0) is 50.8 Å². The van der Waals surface area contributed by atoms with E-state index in [0.717, 1.165) is 36.8 Å². The fourth-order valence-electron chi connectivity index (χ4n) is 4.66. The van der Waals surface area contributed by atoms with Crippen LogP contribution >= 0.6 is 0 Å². The Morgan fingerprint density at radius 3 is 2.71 bits per heavy atom. The molecule has 1 aliphatic rings. The largest absolute Gasteiger partial charge is 0.382 e. The summed E-state index contributed by atoms with van der Waals surface area (Å²) in [5.41, 5.74) is 3.31. The third-order valence-electron chi connectivity index (χ3n) is 6.44. The molecule has 1 aliphatic carbocycles. The molecular formula is C24H29F2N7O2. The summed E-state index contributed by atoms with van der Waals surface area (Å²) in [6, 6.07) is 5.86. The van der Waals surface area contributed by atoms with Crippen LogP contribution in [0.15, 0.2) is 30.6 Å². The summed E-state index contributed by atoms with van der Waals surface area (Å²) in [7, 11) is 1.68. The van der Waals surface area contributed by atoms with Gasteiger partial charge in [0, 0.05) is 24.9 Å². The summed E-state index contributed by atoms with van der Waals surface area (Å²) in [6.45, 7) is 2.52. The molecule has 0 amide bonds. The molecule has 4 aromatic heterocycles. The van der Waals surface area contributed by atoms with Gasteiger partial charge in [0.2, 0.25) is 5.95 Å². The molecule has 5 rings (SSSR count). The Balaban J connectivity index is 1.31. The average molecular weight is 486 g/mol. The van der Waals surface area contributed by atoms with E-state index in [4.69, 9.17) is 9.47 Å². The minimum Gasteiger partial charge on any atom is -0.382 e. The summed E-state index contributed by atoms with van der Waals surface area (Å²) < 4.78 is 40.2. The van der Waals surface area contributed by atoms with Crippen LogP contribution in [0.5, 0.6) is 0 Å². The quantitative estimate of drug-likeness (QED) is 0.357. The standard InChI is InChI=1S/C24H29F2N7O2/c1-15-28-20-8-7-19(30-23(20)32(15)14-22(25)26)18-9-10-33-21(18)13-27-24(31-33)29-16-3-5-17(6-4-16)35-12-11-34-2/h7-10,13,16-17,22H,3-6,11-12,14H2,1-2H3,(H,29,31)/t16-,17-. The lowest BCUT2D eigenvalue weighted by Gasteiger charge is -2.29. The van der Waals surface area contributed by atoms with E-state index in [1.165, 1.54) is 4.57 Å². The molecule has 0 aliphatic heterocycles. The van der Waals surface area contributed by atoms with Crippen molar-refractivity contribution in [3.63, 3.8) is 0 Å². The number of aryl methyl sites for hydroxylation is 1. The van der Waals surface area contributed by atoms with E-state index >= 15 is 0 Å². The van der Waals surface area contributed by atoms with Crippen molar-refractivity contribution in [2.45, 2.75) is 57.7 Å². The number of alkyl halides is 2. The molecule has 9 nitrogen and oxygen atoms in total. The summed E-state index contributed by atoms with van der Waals surface area (Å²) in [5.74, 6) is 1.08. The van der Waals surface area contributed by atoms with E-state index in [2.05, 4.69) is 25.4 Å². The second kappa shape index (κ2) is 10.2. The Kier molecular flexibility index (Phi) is 6.87. The van der Waals surface area contributed by atoms with Crippen LogP contribution in [-0.2, 0) is 16.0 Å². The van der Waals surface area contributed by atoms with E-state index in [9.17, 15) is 8.78 Å². The Morgan fingerprint density at radius 1 is 1.11 bits per heavy atom. The molecular weight excluding hydrogens is 456 g/mol. The number of ether oxygens (including phenoxy) is 2. The normalized spacial score (nSPS) is 18.7. The number of anilines is 1. The van der Waals surface area contributed by atoms with Crippen LogP contribution in [0.4, 0.5) is 14.7 Å². The molecule has 0 radical (unpaired) electrons. The summed E-state index contributed by atoms with van der Waals surface area (Å²) in [4.78, 5) is 13.5. The van der Waals surface area contributed by atoms with Crippen LogP contribution in [-0.4, -0.2) is 68.0 Å². The molecule has 1 fully saturated rings. The van der Waals surface area contributed by atoms with Crippen molar-refractivity contribution in [3.05, 3.63) is 36.4 Å². The Morgan fingerprint density at radius 2 is 1.94 bits per heavy atom. The molecule has 0 spiro atoms. The van der Waals surface area contributed by atoms with Gasteiger partial charge in [0.05, 0.1) is 43.3 Å². The molecule has 0 saturated heterocycles. The number of hydrogen-bond acceptors (Lipinski definition) is 7. The Bertz CT molecular complexity index is 1300. The van der Waals surface area contributed by atoms with E-state index in [1.54, 1.807) is 24.7 Å². The SMILES string of the molecule is COCCO[C@H]1CC[C@H](Nc2ncc3c(-c4ccc5nc(C)n(CC(F)F)c5n4)ccn3n2)CC1. The topological polar surface area (TPSA) is 91.4 Å². The fraction of sp³-hybridized carbons (Fsp3) is 0.500. The first kappa shape index (κ1) is 23.6. The molecule has 0 bridgehead atoms.